The number of amides is 1. The number of ether oxygens (including phenoxy) is 3. The number of rotatable bonds is 6. The molecule has 1 aromatic rings. The van der Waals surface area contributed by atoms with E-state index >= 15 is 0 Å². The molecule has 1 fully saturated rings. The van der Waals surface area contributed by atoms with Crippen molar-refractivity contribution in [2.24, 2.45) is 5.92 Å². The minimum atomic E-state index is -1.14. The molecule has 172 valence electrons. The Labute approximate surface area is 186 Å². The maximum atomic E-state index is 12.5. The molecule has 0 unspecified atom stereocenters. The summed E-state index contributed by atoms with van der Waals surface area (Å²) in [4.78, 5) is 24.0. The van der Waals surface area contributed by atoms with Crippen LogP contribution in [0.5, 0.6) is 11.5 Å². The third-order valence-corrected chi connectivity index (χ3v) is 7.71. The molecule has 8 nitrogen and oxygen atoms in total. The average molecular weight is 443 g/mol. The largest absolute Gasteiger partial charge is 0.493 e. The highest BCUT2D eigenvalue weighted by atomic mass is 16.6. The summed E-state index contributed by atoms with van der Waals surface area (Å²) in [5, 5.41) is 23.7. The summed E-state index contributed by atoms with van der Waals surface area (Å²) >= 11 is 0. The normalized spacial score (nSPS) is 32.2. The number of carbonyl (C=O) groups excluding carboxylic acids is 2. The molecule has 4 aliphatic rings. The first-order valence-electron chi connectivity index (χ1n) is 11.3. The fourth-order valence-corrected chi connectivity index (χ4v) is 6.30. The SMILES string of the molecule is COc1ccc2c3c1O[C@@H]1C(OC(=O)CCNC(=O)[C@H](C)O)=CC[C@]4(O)[C@@H](CCC[C@@]314)C2. The maximum Gasteiger partial charge on any atom is 0.312 e. The molecule has 3 N–H and O–H groups in total. The van der Waals surface area contributed by atoms with Gasteiger partial charge in [0.2, 0.25) is 5.91 Å². The minimum Gasteiger partial charge on any atom is -0.493 e. The molecule has 3 aliphatic carbocycles. The van der Waals surface area contributed by atoms with E-state index in [1.54, 1.807) is 13.2 Å². The number of hydrogen-bond acceptors (Lipinski definition) is 7. The molecule has 1 amide bonds. The molecular weight excluding hydrogens is 414 g/mol. The van der Waals surface area contributed by atoms with Crippen LogP contribution in [0.25, 0.3) is 0 Å². The van der Waals surface area contributed by atoms with Crippen LogP contribution in [0, 0.1) is 5.92 Å². The zero-order chi connectivity index (χ0) is 22.7. The second-order valence-corrected chi connectivity index (χ2v) is 9.32. The van der Waals surface area contributed by atoms with Crippen molar-refractivity contribution in [1.82, 2.24) is 5.32 Å². The molecule has 0 aromatic heterocycles. The van der Waals surface area contributed by atoms with Crippen LogP contribution in [0.2, 0.25) is 0 Å². The number of hydrogen-bond donors (Lipinski definition) is 3. The molecule has 2 bridgehead atoms. The fourth-order valence-electron chi connectivity index (χ4n) is 6.30. The Morgan fingerprint density at radius 3 is 2.94 bits per heavy atom. The van der Waals surface area contributed by atoms with Crippen LogP contribution in [0.15, 0.2) is 24.0 Å². The van der Waals surface area contributed by atoms with Crippen LogP contribution < -0.4 is 14.8 Å². The van der Waals surface area contributed by atoms with Crippen molar-refractivity contribution in [3.05, 3.63) is 35.1 Å². The molecule has 8 heteroatoms. The first kappa shape index (κ1) is 21.3. The number of aliphatic hydroxyl groups is 2. The van der Waals surface area contributed by atoms with E-state index in [2.05, 4.69) is 11.4 Å². The summed E-state index contributed by atoms with van der Waals surface area (Å²) in [7, 11) is 1.60. The lowest BCUT2D eigenvalue weighted by Gasteiger charge is -2.59. The van der Waals surface area contributed by atoms with Crippen molar-refractivity contribution in [2.45, 2.75) is 68.7 Å². The van der Waals surface area contributed by atoms with E-state index in [4.69, 9.17) is 14.2 Å². The summed E-state index contributed by atoms with van der Waals surface area (Å²) in [6, 6.07) is 3.97. The van der Waals surface area contributed by atoms with Crippen molar-refractivity contribution in [3.63, 3.8) is 0 Å². The average Bonchev–Trinajstić information content (AvgIpc) is 3.10. The smallest absolute Gasteiger partial charge is 0.312 e. The fraction of sp³-hybridized carbons (Fsp3) is 0.583. The zero-order valence-electron chi connectivity index (χ0n) is 18.3. The van der Waals surface area contributed by atoms with E-state index in [0.29, 0.717) is 23.7 Å². The van der Waals surface area contributed by atoms with E-state index in [1.807, 2.05) is 6.07 Å². The van der Waals surface area contributed by atoms with E-state index < -0.39 is 35.1 Å². The highest BCUT2D eigenvalue weighted by molar-refractivity contribution is 5.80. The summed E-state index contributed by atoms with van der Waals surface area (Å²) in [5.41, 5.74) is 0.553. The number of aliphatic hydroxyl groups excluding tert-OH is 1. The van der Waals surface area contributed by atoms with E-state index in [-0.39, 0.29) is 18.9 Å². The van der Waals surface area contributed by atoms with E-state index in [0.717, 1.165) is 31.2 Å². The quantitative estimate of drug-likeness (QED) is 0.571. The summed E-state index contributed by atoms with van der Waals surface area (Å²) in [6.07, 6.45) is 3.88. The van der Waals surface area contributed by atoms with Crippen molar-refractivity contribution < 1.29 is 34.0 Å². The van der Waals surface area contributed by atoms with Crippen LogP contribution >= 0.6 is 0 Å². The van der Waals surface area contributed by atoms with Gasteiger partial charge in [-0.25, -0.2) is 0 Å². The molecule has 1 heterocycles. The Morgan fingerprint density at radius 2 is 2.19 bits per heavy atom. The Hall–Kier alpha value is -2.58. The first-order chi connectivity index (χ1) is 15.3. The number of methoxy groups -OCH3 is 1. The molecular formula is C24H29NO7. The third-order valence-electron chi connectivity index (χ3n) is 7.71. The van der Waals surface area contributed by atoms with Gasteiger partial charge in [0.25, 0.3) is 0 Å². The lowest BCUT2D eigenvalue weighted by atomic mass is 9.47. The van der Waals surface area contributed by atoms with Crippen molar-refractivity contribution in [3.8, 4) is 11.5 Å². The van der Waals surface area contributed by atoms with Crippen LogP contribution in [0.4, 0.5) is 0 Å². The molecule has 0 radical (unpaired) electrons. The van der Waals surface area contributed by atoms with Gasteiger partial charge in [0, 0.05) is 12.1 Å². The monoisotopic (exact) mass is 443 g/mol. The van der Waals surface area contributed by atoms with Gasteiger partial charge in [0.1, 0.15) is 11.9 Å². The van der Waals surface area contributed by atoms with Gasteiger partial charge in [-0.1, -0.05) is 12.5 Å². The highest BCUT2D eigenvalue weighted by Crippen LogP contribution is 2.67. The van der Waals surface area contributed by atoms with Crippen LogP contribution in [-0.4, -0.2) is 53.6 Å². The second kappa shape index (κ2) is 7.49. The van der Waals surface area contributed by atoms with Crippen molar-refractivity contribution in [2.75, 3.05) is 13.7 Å². The minimum absolute atomic E-state index is 0.0378. The number of esters is 1. The van der Waals surface area contributed by atoms with Gasteiger partial charge in [-0.3, -0.25) is 9.59 Å². The highest BCUT2D eigenvalue weighted by Gasteiger charge is 2.70. The van der Waals surface area contributed by atoms with Gasteiger partial charge in [0.15, 0.2) is 17.6 Å². The van der Waals surface area contributed by atoms with Crippen LogP contribution in [0.1, 0.15) is 50.2 Å². The molecule has 5 rings (SSSR count). The molecule has 32 heavy (non-hydrogen) atoms. The molecule has 1 saturated carbocycles. The van der Waals surface area contributed by atoms with Gasteiger partial charge < -0.3 is 29.7 Å². The van der Waals surface area contributed by atoms with Gasteiger partial charge >= 0.3 is 5.97 Å². The lowest BCUT2D eigenvalue weighted by molar-refractivity contribution is -0.160. The topological polar surface area (TPSA) is 114 Å². The number of benzene rings is 1. The van der Waals surface area contributed by atoms with E-state index in [9.17, 15) is 19.8 Å². The van der Waals surface area contributed by atoms with Crippen molar-refractivity contribution >= 4 is 11.9 Å². The molecule has 1 aromatic carbocycles. The number of nitrogens with one attached hydrogen (secondary N) is 1. The standard InChI is InChI=1S/C24H29NO7/c1-13(26)22(28)25-11-8-18(27)31-17-7-10-24(29)15-4-3-9-23(24)19-14(12-15)5-6-16(30-2)20(19)32-21(17)23/h5-7,13,15,21,26,29H,3-4,8-12H2,1-2H3,(H,25,28)/t13-,15-,21+,23+,24-/m0/s1. The Kier molecular flexibility index (Phi) is 4.98. The van der Waals surface area contributed by atoms with Gasteiger partial charge in [-0.05, 0) is 56.2 Å². The summed E-state index contributed by atoms with van der Waals surface area (Å²) in [5.74, 6) is 0.751. The van der Waals surface area contributed by atoms with Gasteiger partial charge in [0.05, 0.1) is 24.5 Å². The molecule has 1 spiro atoms. The molecule has 0 saturated heterocycles. The van der Waals surface area contributed by atoms with Crippen LogP contribution in [-0.2, 0) is 26.2 Å². The summed E-state index contributed by atoms with van der Waals surface area (Å²) < 4.78 is 17.7. The van der Waals surface area contributed by atoms with Crippen LogP contribution in [0.3, 0.4) is 0 Å². The maximum absolute atomic E-state index is 12.5. The lowest BCUT2D eigenvalue weighted by Crippen LogP contribution is -2.67. The first-order valence-corrected chi connectivity index (χ1v) is 11.3. The Balaban J connectivity index is 1.45. The predicted octanol–water partition coefficient (Wildman–Crippen LogP) is 1.50. The van der Waals surface area contributed by atoms with E-state index in [1.165, 1.54) is 12.5 Å². The van der Waals surface area contributed by atoms with Gasteiger partial charge in [-0.15, -0.1) is 0 Å². The Bertz CT molecular complexity index is 1000. The predicted molar refractivity (Wildman–Crippen MR) is 113 cm³/mol. The molecule has 1 aliphatic heterocycles. The second-order valence-electron chi connectivity index (χ2n) is 9.32. The van der Waals surface area contributed by atoms with Crippen molar-refractivity contribution in [1.29, 1.82) is 0 Å². The third kappa shape index (κ3) is 2.82. The zero-order valence-corrected chi connectivity index (χ0v) is 18.3. The molecule has 5 atom stereocenters. The summed E-state index contributed by atoms with van der Waals surface area (Å²) in [6.45, 7) is 1.43. The Morgan fingerprint density at radius 1 is 1.38 bits per heavy atom. The van der Waals surface area contributed by atoms with Gasteiger partial charge in [-0.2, -0.15) is 0 Å². The number of carbonyl (C=O) groups is 2.